The summed E-state index contributed by atoms with van der Waals surface area (Å²) in [5.41, 5.74) is 0. The fourth-order valence-corrected chi connectivity index (χ4v) is 2.39. The van der Waals surface area contributed by atoms with Crippen LogP contribution in [0.4, 0.5) is 0 Å². The predicted octanol–water partition coefficient (Wildman–Crippen LogP) is 2.12. The van der Waals surface area contributed by atoms with E-state index >= 15 is 0 Å². The number of carbonyl (C=O) groups is 1. The molecule has 0 spiro atoms. The third kappa shape index (κ3) is 2.17. The summed E-state index contributed by atoms with van der Waals surface area (Å²) in [7, 11) is 0. The van der Waals surface area contributed by atoms with Gasteiger partial charge in [0, 0.05) is 12.1 Å². The van der Waals surface area contributed by atoms with Crippen LogP contribution in [0, 0.1) is 5.92 Å². The summed E-state index contributed by atoms with van der Waals surface area (Å²) in [5.74, 6) is 1.01. The van der Waals surface area contributed by atoms with Crippen molar-refractivity contribution in [2.45, 2.75) is 25.4 Å². The number of hydrogen-bond donors (Lipinski definition) is 0. The van der Waals surface area contributed by atoms with Gasteiger partial charge < -0.3 is 9.64 Å². The van der Waals surface area contributed by atoms with Crippen LogP contribution in [0.5, 0.6) is 5.88 Å². The number of ether oxygens (including phenoxy) is 1. The monoisotopic (exact) mass is 266 g/mol. The zero-order valence-corrected chi connectivity index (χ0v) is 10.8. The fraction of sp³-hybridized carbons (Fsp3) is 0.538. The van der Waals surface area contributed by atoms with Crippen molar-refractivity contribution in [3.8, 4) is 5.88 Å². The second-order valence-electron chi connectivity index (χ2n) is 4.90. The Kier molecular flexibility index (Phi) is 3.12. The number of carbonyl (C=O) groups excluding carboxylic acids is 1. The molecule has 0 atom stereocenters. The highest BCUT2D eigenvalue weighted by Crippen LogP contribution is 2.31. The molecule has 1 saturated carbocycles. The number of halogens is 1. The summed E-state index contributed by atoms with van der Waals surface area (Å²) in [6.45, 7) is 1.31. The number of rotatable bonds is 3. The minimum Gasteiger partial charge on any atom is -0.470 e. The van der Waals surface area contributed by atoms with Crippen LogP contribution in [-0.4, -0.2) is 35.0 Å². The van der Waals surface area contributed by atoms with E-state index in [0.717, 1.165) is 12.8 Å². The molecule has 2 aliphatic rings. The standard InChI is InChI=1S/C13H15ClN2O2/c14-11-5-2-6-15-12(11)18-10-7-16(8-10)13(17)9-3-1-4-9/h2,5-6,9-10H,1,3-4,7-8H2. The zero-order chi connectivity index (χ0) is 12.5. The number of hydrogen-bond acceptors (Lipinski definition) is 3. The summed E-state index contributed by atoms with van der Waals surface area (Å²) in [4.78, 5) is 17.8. The van der Waals surface area contributed by atoms with Gasteiger partial charge in [0.05, 0.1) is 13.1 Å². The number of pyridine rings is 1. The Balaban J connectivity index is 1.50. The third-order valence-corrected chi connectivity index (χ3v) is 3.90. The maximum Gasteiger partial charge on any atom is 0.232 e. The Morgan fingerprint density at radius 2 is 2.22 bits per heavy atom. The lowest BCUT2D eigenvalue weighted by Crippen LogP contribution is -2.58. The molecule has 2 fully saturated rings. The molecule has 1 aromatic heterocycles. The molecule has 1 saturated heterocycles. The molecule has 0 N–H and O–H groups in total. The molecule has 0 aromatic carbocycles. The van der Waals surface area contributed by atoms with Gasteiger partial charge in [0.15, 0.2) is 0 Å². The first-order chi connectivity index (χ1) is 8.74. The molecule has 2 heterocycles. The van der Waals surface area contributed by atoms with Crippen molar-refractivity contribution in [2.75, 3.05) is 13.1 Å². The molecule has 4 nitrogen and oxygen atoms in total. The quantitative estimate of drug-likeness (QED) is 0.842. The molecule has 1 amide bonds. The maximum atomic E-state index is 11.9. The van der Waals surface area contributed by atoms with Gasteiger partial charge in [0.25, 0.3) is 0 Å². The van der Waals surface area contributed by atoms with Gasteiger partial charge in [-0.2, -0.15) is 0 Å². The van der Waals surface area contributed by atoms with Crippen LogP contribution in [0.15, 0.2) is 18.3 Å². The van der Waals surface area contributed by atoms with Gasteiger partial charge in [-0.3, -0.25) is 4.79 Å². The number of nitrogens with zero attached hydrogens (tertiary/aromatic N) is 2. The van der Waals surface area contributed by atoms with Crippen molar-refractivity contribution in [2.24, 2.45) is 5.92 Å². The van der Waals surface area contributed by atoms with E-state index in [0.29, 0.717) is 24.0 Å². The van der Waals surface area contributed by atoms with Crippen molar-refractivity contribution in [1.82, 2.24) is 9.88 Å². The van der Waals surface area contributed by atoms with Crippen molar-refractivity contribution < 1.29 is 9.53 Å². The largest absolute Gasteiger partial charge is 0.470 e. The van der Waals surface area contributed by atoms with Crippen LogP contribution < -0.4 is 4.74 Å². The SMILES string of the molecule is O=C(C1CCC1)N1CC(Oc2ncccc2Cl)C1. The molecule has 1 aliphatic heterocycles. The average Bonchev–Trinajstić information content (AvgIpc) is 2.22. The van der Waals surface area contributed by atoms with Crippen LogP contribution in [0.2, 0.25) is 5.02 Å². The van der Waals surface area contributed by atoms with E-state index in [1.165, 1.54) is 6.42 Å². The number of aromatic nitrogens is 1. The normalized spacial score (nSPS) is 20.2. The minimum absolute atomic E-state index is 0.0291. The Morgan fingerprint density at radius 1 is 1.44 bits per heavy atom. The first kappa shape index (κ1) is 11.8. The number of amides is 1. The van der Waals surface area contributed by atoms with Gasteiger partial charge in [0.1, 0.15) is 11.1 Å². The molecule has 0 unspecified atom stereocenters. The van der Waals surface area contributed by atoms with E-state index in [1.54, 1.807) is 18.3 Å². The second-order valence-corrected chi connectivity index (χ2v) is 5.31. The molecule has 18 heavy (non-hydrogen) atoms. The van der Waals surface area contributed by atoms with E-state index in [1.807, 2.05) is 4.90 Å². The van der Waals surface area contributed by atoms with E-state index in [9.17, 15) is 4.79 Å². The molecule has 1 aliphatic carbocycles. The molecule has 0 bridgehead atoms. The summed E-state index contributed by atoms with van der Waals surface area (Å²) in [6.07, 6.45) is 4.96. The molecule has 0 radical (unpaired) electrons. The Morgan fingerprint density at radius 3 is 2.83 bits per heavy atom. The smallest absolute Gasteiger partial charge is 0.232 e. The highest BCUT2D eigenvalue weighted by molar-refractivity contribution is 6.31. The van der Waals surface area contributed by atoms with Crippen LogP contribution in [0.25, 0.3) is 0 Å². The van der Waals surface area contributed by atoms with E-state index in [2.05, 4.69) is 4.98 Å². The zero-order valence-electron chi connectivity index (χ0n) is 10.0. The van der Waals surface area contributed by atoms with Gasteiger partial charge in [-0.15, -0.1) is 0 Å². The van der Waals surface area contributed by atoms with Gasteiger partial charge >= 0.3 is 0 Å². The van der Waals surface area contributed by atoms with E-state index in [4.69, 9.17) is 16.3 Å². The summed E-state index contributed by atoms with van der Waals surface area (Å²) < 4.78 is 5.66. The number of likely N-dealkylation sites (tertiary alicyclic amines) is 1. The van der Waals surface area contributed by atoms with Gasteiger partial charge in [-0.25, -0.2) is 4.98 Å². The summed E-state index contributed by atoms with van der Waals surface area (Å²) in [5, 5.41) is 0.515. The van der Waals surface area contributed by atoms with Gasteiger partial charge in [0.2, 0.25) is 11.8 Å². The second kappa shape index (κ2) is 4.76. The van der Waals surface area contributed by atoms with E-state index < -0.39 is 0 Å². The lowest BCUT2D eigenvalue weighted by molar-refractivity contribution is -0.147. The lowest BCUT2D eigenvalue weighted by Gasteiger charge is -2.42. The first-order valence-corrected chi connectivity index (χ1v) is 6.68. The molecule has 96 valence electrons. The predicted molar refractivity (Wildman–Crippen MR) is 67.6 cm³/mol. The highest BCUT2D eigenvalue weighted by Gasteiger charge is 2.37. The van der Waals surface area contributed by atoms with Crippen LogP contribution >= 0.6 is 11.6 Å². The topological polar surface area (TPSA) is 42.4 Å². The van der Waals surface area contributed by atoms with E-state index in [-0.39, 0.29) is 17.9 Å². The van der Waals surface area contributed by atoms with Gasteiger partial charge in [-0.05, 0) is 25.0 Å². The Bertz CT molecular complexity index is 456. The summed E-state index contributed by atoms with van der Waals surface area (Å²) >= 11 is 5.96. The minimum atomic E-state index is 0.0291. The van der Waals surface area contributed by atoms with Crippen molar-refractivity contribution in [3.05, 3.63) is 23.4 Å². The van der Waals surface area contributed by atoms with Crippen LogP contribution in [0.3, 0.4) is 0 Å². The third-order valence-electron chi connectivity index (χ3n) is 3.62. The van der Waals surface area contributed by atoms with Crippen molar-refractivity contribution in [1.29, 1.82) is 0 Å². The molecule has 3 rings (SSSR count). The first-order valence-electron chi connectivity index (χ1n) is 6.30. The Labute approximate surface area is 111 Å². The molecule has 5 heteroatoms. The Hall–Kier alpha value is -1.29. The maximum absolute atomic E-state index is 11.9. The van der Waals surface area contributed by atoms with Crippen molar-refractivity contribution in [3.63, 3.8) is 0 Å². The molecular formula is C13H15ClN2O2. The highest BCUT2D eigenvalue weighted by atomic mass is 35.5. The fourth-order valence-electron chi connectivity index (χ4n) is 2.22. The lowest BCUT2D eigenvalue weighted by atomic mass is 9.83. The van der Waals surface area contributed by atoms with Crippen LogP contribution in [0.1, 0.15) is 19.3 Å². The van der Waals surface area contributed by atoms with Crippen molar-refractivity contribution >= 4 is 17.5 Å². The molecular weight excluding hydrogens is 252 g/mol. The molecule has 1 aromatic rings. The van der Waals surface area contributed by atoms with Crippen LogP contribution in [-0.2, 0) is 4.79 Å². The van der Waals surface area contributed by atoms with Gasteiger partial charge in [-0.1, -0.05) is 18.0 Å². The summed E-state index contributed by atoms with van der Waals surface area (Å²) in [6, 6.07) is 3.52. The average molecular weight is 267 g/mol.